The van der Waals surface area contributed by atoms with Crippen molar-refractivity contribution in [3.05, 3.63) is 158 Å². The molecule has 0 saturated carbocycles. The topological polar surface area (TPSA) is 111 Å². The molecule has 0 aliphatic heterocycles. The number of allylic oxidation sites excluding steroid dienone is 26. The van der Waals surface area contributed by atoms with E-state index in [1.54, 1.807) is 0 Å². The van der Waals surface area contributed by atoms with Crippen LogP contribution in [-0.2, 0) is 33.3 Å². The number of nitrogens with zero attached hydrogens (tertiary/aromatic N) is 1. The molecule has 0 radical (unpaired) electrons. The molecule has 0 rings (SSSR count). The Balaban J connectivity index is 4.31. The summed E-state index contributed by atoms with van der Waals surface area (Å²) in [4.78, 5) is 37.2. The molecule has 0 amide bonds. The molecule has 9 heteroatoms. The van der Waals surface area contributed by atoms with Crippen molar-refractivity contribution in [3.63, 3.8) is 0 Å². The van der Waals surface area contributed by atoms with Crippen molar-refractivity contribution in [2.75, 3.05) is 47.5 Å². The van der Waals surface area contributed by atoms with Crippen LogP contribution in [0.15, 0.2) is 158 Å². The van der Waals surface area contributed by atoms with E-state index in [0.29, 0.717) is 23.9 Å². The van der Waals surface area contributed by atoms with Crippen LogP contribution in [-0.4, -0.2) is 82.3 Å². The molecule has 2 unspecified atom stereocenters. The Morgan fingerprint density at radius 3 is 1.15 bits per heavy atom. The summed E-state index contributed by atoms with van der Waals surface area (Å²) in [5.74, 6) is -2.37. The molecule has 0 fully saturated rings. The fraction of sp³-hybridized carbons (Fsp3) is 0.561. The molecule has 9 nitrogen and oxygen atoms in total. The predicted molar refractivity (Wildman–Crippen MR) is 315 cm³/mol. The number of carbonyl (C=O) groups excluding carboxylic acids is 3. The maximum atomic E-state index is 12.8. The van der Waals surface area contributed by atoms with E-state index >= 15 is 0 Å². The van der Waals surface area contributed by atoms with Crippen LogP contribution in [0.2, 0.25) is 0 Å². The zero-order valence-electron chi connectivity index (χ0n) is 47.6. The average Bonchev–Trinajstić information content (AvgIpc) is 3.38. The molecule has 0 heterocycles. The molecule has 0 N–H and O–H groups in total. The number of quaternary nitrogens is 1. The first-order chi connectivity index (χ1) is 36.6. The molecule has 420 valence electrons. The van der Waals surface area contributed by atoms with Crippen LogP contribution in [0.3, 0.4) is 0 Å². The number of carbonyl (C=O) groups is 3. The lowest BCUT2D eigenvalue weighted by atomic mass is 10.1. The van der Waals surface area contributed by atoms with Crippen LogP contribution in [0.5, 0.6) is 0 Å². The van der Waals surface area contributed by atoms with Crippen LogP contribution in [0.4, 0.5) is 0 Å². The number of esters is 2. The molecular formula is C66H103NO8. The first-order valence-corrected chi connectivity index (χ1v) is 28.6. The van der Waals surface area contributed by atoms with E-state index < -0.39 is 30.3 Å². The maximum absolute atomic E-state index is 12.8. The van der Waals surface area contributed by atoms with Crippen molar-refractivity contribution in [3.8, 4) is 0 Å². The van der Waals surface area contributed by atoms with E-state index in [2.05, 4.69) is 172 Å². The van der Waals surface area contributed by atoms with Gasteiger partial charge >= 0.3 is 11.9 Å². The average molecular weight is 1040 g/mol. The number of aliphatic carboxylic acids is 1. The van der Waals surface area contributed by atoms with Gasteiger partial charge < -0.3 is 33.3 Å². The second kappa shape index (κ2) is 55.2. The van der Waals surface area contributed by atoms with Gasteiger partial charge in [-0.2, -0.15) is 0 Å². The van der Waals surface area contributed by atoms with Gasteiger partial charge in [0.25, 0.3) is 0 Å². The van der Waals surface area contributed by atoms with E-state index in [9.17, 15) is 19.5 Å². The second-order valence-corrected chi connectivity index (χ2v) is 19.5. The SMILES string of the molecule is CC/C=C\C/C=C\C/C=C\C/C=C\C/C=C\C/C=C\C/C=C\C/C=C\C/C=C\C/C=C\C/C=C\CCCCCC(=O)OC(COC(=O)CCCCCCC/C=C\C/C=C\CCC)COC(OCC[N+](C)(C)C)C(=O)[O-]. The van der Waals surface area contributed by atoms with E-state index in [1.165, 1.54) is 6.42 Å². The van der Waals surface area contributed by atoms with E-state index in [-0.39, 0.29) is 32.7 Å². The third kappa shape index (κ3) is 56.5. The van der Waals surface area contributed by atoms with Gasteiger partial charge in [0.2, 0.25) is 0 Å². The zero-order chi connectivity index (χ0) is 54.8. The third-order valence-electron chi connectivity index (χ3n) is 11.2. The number of carboxylic acid groups (broad SMARTS) is 1. The number of carboxylic acids is 1. The minimum absolute atomic E-state index is 0.129. The van der Waals surface area contributed by atoms with Gasteiger partial charge in [0, 0.05) is 12.8 Å². The van der Waals surface area contributed by atoms with Crippen molar-refractivity contribution >= 4 is 17.9 Å². The van der Waals surface area contributed by atoms with Gasteiger partial charge in [-0.15, -0.1) is 0 Å². The summed E-state index contributed by atoms with van der Waals surface area (Å²) in [6.07, 6.45) is 78.7. The highest BCUT2D eigenvalue weighted by Crippen LogP contribution is 2.12. The first kappa shape index (κ1) is 69.9. The largest absolute Gasteiger partial charge is 0.545 e. The van der Waals surface area contributed by atoms with Gasteiger partial charge in [-0.1, -0.05) is 204 Å². The summed E-state index contributed by atoms with van der Waals surface area (Å²) in [7, 11) is 5.88. The van der Waals surface area contributed by atoms with Gasteiger partial charge in [-0.3, -0.25) is 9.59 Å². The van der Waals surface area contributed by atoms with Gasteiger partial charge in [-0.05, 0) is 122 Å². The van der Waals surface area contributed by atoms with Gasteiger partial charge in [-0.25, -0.2) is 0 Å². The summed E-state index contributed by atoms with van der Waals surface area (Å²) in [5, 5.41) is 11.7. The number of hydrogen-bond acceptors (Lipinski definition) is 8. The van der Waals surface area contributed by atoms with Crippen LogP contribution in [0, 0.1) is 0 Å². The fourth-order valence-electron chi connectivity index (χ4n) is 6.87. The van der Waals surface area contributed by atoms with Crippen molar-refractivity contribution in [1.82, 2.24) is 0 Å². The molecule has 0 aliphatic rings. The number of hydrogen-bond donors (Lipinski definition) is 0. The molecule has 0 aromatic carbocycles. The second-order valence-electron chi connectivity index (χ2n) is 19.5. The number of rotatable bonds is 50. The summed E-state index contributed by atoms with van der Waals surface area (Å²) in [6, 6.07) is 0. The number of unbranched alkanes of at least 4 members (excludes halogenated alkanes) is 9. The van der Waals surface area contributed by atoms with Gasteiger partial charge in [0.1, 0.15) is 13.2 Å². The first-order valence-electron chi connectivity index (χ1n) is 28.6. The van der Waals surface area contributed by atoms with E-state index in [0.717, 1.165) is 135 Å². The molecule has 0 spiro atoms. The molecule has 75 heavy (non-hydrogen) atoms. The molecule has 0 aromatic heterocycles. The standard InChI is InChI=1S/C66H103NO8/c1-6-8-10-12-14-16-18-20-21-22-23-24-25-26-27-28-29-30-31-32-33-34-35-36-37-38-39-40-41-42-43-45-47-49-51-53-55-57-64(69)75-62(61-74-66(65(70)71)72-59-58-67(3,4)5)60-73-63(68)56-54-52-50-48-46-44-19-17-15-13-11-9-7-2/h8,10-11,13-14,16-17,19-21,23-24,26-27,29-30,32-33,35-36,38-39,41-42,45,47,62,66H,6-7,9,12,15,18,22,25,28,31,34,37,40,43-44,46,48-61H2,1-5H3/b10-8-,13-11-,16-14-,19-17-,21-20-,24-23-,27-26-,30-29-,33-32-,36-35-,39-38-,42-41-,47-45-. The minimum atomic E-state index is -1.64. The molecule has 0 bridgehead atoms. The quantitative estimate of drug-likeness (QED) is 0.0195. The van der Waals surface area contributed by atoms with Crippen LogP contribution in [0.25, 0.3) is 0 Å². The Kier molecular flexibility index (Phi) is 51.4. The van der Waals surface area contributed by atoms with E-state index in [4.69, 9.17) is 18.9 Å². The minimum Gasteiger partial charge on any atom is -0.545 e. The monoisotopic (exact) mass is 1040 g/mol. The Labute approximate surface area is 457 Å². The summed E-state index contributed by atoms with van der Waals surface area (Å²) >= 11 is 0. The number of ether oxygens (including phenoxy) is 4. The van der Waals surface area contributed by atoms with Gasteiger partial charge in [0.05, 0.1) is 40.3 Å². The lowest BCUT2D eigenvalue weighted by molar-refractivity contribution is -0.870. The summed E-state index contributed by atoms with van der Waals surface area (Å²) in [6.45, 7) is 4.47. The van der Waals surface area contributed by atoms with Crippen LogP contribution >= 0.6 is 0 Å². The van der Waals surface area contributed by atoms with E-state index in [1.807, 2.05) is 21.1 Å². The molecule has 0 aliphatic carbocycles. The van der Waals surface area contributed by atoms with Crippen LogP contribution in [0.1, 0.15) is 181 Å². The molecular weight excluding hydrogens is 935 g/mol. The number of likely N-dealkylation sites (N-methyl/N-ethyl adjacent to an activating group) is 1. The summed E-state index contributed by atoms with van der Waals surface area (Å²) < 4.78 is 22.6. The zero-order valence-corrected chi connectivity index (χ0v) is 47.6. The van der Waals surface area contributed by atoms with Crippen molar-refractivity contribution in [2.24, 2.45) is 0 Å². The highest BCUT2D eigenvalue weighted by Gasteiger charge is 2.21. The third-order valence-corrected chi connectivity index (χ3v) is 11.2. The highest BCUT2D eigenvalue weighted by molar-refractivity contribution is 5.70. The highest BCUT2D eigenvalue weighted by atomic mass is 16.7. The Morgan fingerprint density at radius 1 is 0.413 bits per heavy atom. The lowest BCUT2D eigenvalue weighted by Crippen LogP contribution is -2.44. The predicted octanol–water partition coefficient (Wildman–Crippen LogP) is 15.7. The fourth-order valence-corrected chi connectivity index (χ4v) is 6.87. The molecule has 2 atom stereocenters. The molecule has 0 aromatic rings. The van der Waals surface area contributed by atoms with Crippen LogP contribution < -0.4 is 5.11 Å². The van der Waals surface area contributed by atoms with Crippen molar-refractivity contribution in [2.45, 2.75) is 193 Å². The molecule has 0 saturated heterocycles. The van der Waals surface area contributed by atoms with Crippen molar-refractivity contribution in [1.29, 1.82) is 0 Å². The Bertz CT molecular complexity index is 1780. The maximum Gasteiger partial charge on any atom is 0.306 e. The normalized spacial score (nSPS) is 14.0. The summed E-state index contributed by atoms with van der Waals surface area (Å²) in [5.41, 5.74) is 0. The van der Waals surface area contributed by atoms with Crippen molar-refractivity contribution < 1.29 is 42.9 Å². The smallest absolute Gasteiger partial charge is 0.306 e. The Hall–Kier alpha value is -5.09. The lowest BCUT2D eigenvalue weighted by Gasteiger charge is -2.26. The Morgan fingerprint density at radius 2 is 0.760 bits per heavy atom. The van der Waals surface area contributed by atoms with Gasteiger partial charge in [0.15, 0.2) is 12.4 Å².